The number of nitrogen functional groups attached to an aromatic ring is 1. The van der Waals surface area contributed by atoms with Crippen molar-refractivity contribution in [3.63, 3.8) is 0 Å². The molecule has 18 heavy (non-hydrogen) atoms. The minimum atomic E-state index is -0.430. The molecular formula is C12H17N3O3. The van der Waals surface area contributed by atoms with Crippen LogP contribution in [0.4, 0.5) is 5.69 Å². The normalized spacial score (nSPS) is 9.72. The average Bonchev–Trinajstić information content (AvgIpc) is 2.34. The molecule has 0 radical (unpaired) electrons. The van der Waals surface area contributed by atoms with E-state index in [-0.39, 0.29) is 18.0 Å². The highest BCUT2D eigenvalue weighted by atomic mass is 16.5. The standard InChI is InChI=1S/C12H17N3O3/c1-15(2)10(16)7-14-12(17)11-8(13)5-4-6-9(11)18-3/h4-6H,7,13H2,1-3H3,(H,14,17). The summed E-state index contributed by atoms with van der Waals surface area (Å²) in [6.45, 7) is -0.0800. The summed E-state index contributed by atoms with van der Waals surface area (Å²) >= 11 is 0. The summed E-state index contributed by atoms with van der Waals surface area (Å²) in [5.41, 5.74) is 6.28. The number of ether oxygens (including phenoxy) is 1. The van der Waals surface area contributed by atoms with Crippen molar-refractivity contribution in [1.82, 2.24) is 10.2 Å². The van der Waals surface area contributed by atoms with Crippen LogP contribution in [0.5, 0.6) is 5.75 Å². The Hall–Kier alpha value is -2.24. The summed E-state index contributed by atoms with van der Waals surface area (Å²) in [5, 5.41) is 2.51. The van der Waals surface area contributed by atoms with Crippen molar-refractivity contribution in [2.75, 3.05) is 33.5 Å². The van der Waals surface area contributed by atoms with E-state index < -0.39 is 5.91 Å². The molecular weight excluding hydrogens is 234 g/mol. The molecule has 0 bridgehead atoms. The monoisotopic (exact) mass is 251 g/mol. The number of benzene rings is 1. The second-order valence-electron chi connectivity index (χ2n) is 3.90. The summed E-state index contributed by atoms with van der Waals surface area (Å²) in [5.74, 6) is -0.248. The highest BCUT2D eigenvalue weighted by Gasteiger charge is 2.16. The number of nitrogens with zero attached hydrogens (tertiary/aromatic N) is 1. The molecule has 0 aliphatic rings. The van der Waals surface area contributed by atoms with Crippen molar-refractivity contribution < 1.29 is 14.3 Å². The fourth-order valence-corrected chi connectivity index (χ4v) is 1.36. The van der Waals surface area contributed by atoms with Crippen molar-refractivity contribution >= 4 is 17.5 Å². The third-order valence-electron chi connectivity index (χ3n) is 2.40. The molecule has 0 aromatic heterocycles. The van der Waals surface area contributed by atoms with Crippen molar-refractivity contribution in [3.8, 4) is 5.75 Å². The molecule has 0 heterocycles. The second kappa shape index (κ2) is 5.90. The molecule has 0 saturated carbocycles. The minimum Gasteiger partial charge on any atom is -0.496 e. The minimum absolute atomic E-state index is 0.0800. The first-order valence-electron chi connectivity index (χ1n) is 5.38. The molecule has 98 valence electrons. The van der Waals surface area contributed by atoms with E-state index in [9.17, 15) is 9.59 Å². The quantitative estimate of drug-likeness (QED) is 0.743. The van der Waals surface area contributed by atoms with Crippen molar-refractivity contribution in [2.24, 2.45) is 0 Å². The molecule has 0 aliphatic carbocycles. The Morgan fingerprint density at radius 3 is 2.61 bits per heavy atom. The number of carbonyl (C=O) groups excluding carboxylic acids is 2. The van der Waals surface area contributed by atoms with Crippen LogP contribution in [0.25, 0.3) is 0 Å². The van der Waals surface area contributed by atoms with Gasteiger partial charge in [-0.25, -0.2) is 0 Å². The first-order valence-corrected chi connectivity index (χ1v) is 5.38. The van der Waals surface area contributed by atoms with E-state index in [4.69, 9.17) is 10.5 Å². The van der Waals surface area contributed by atoms with Gasteiger partial charge in [0, 0.05) is 19.8 Å². The zero-order valence-corrected chi connectivity index (χ0v) is 10.7. The fourth-order valence-electron chi connectivity index (χ4n) is 1.36. The highest BCUT2D eigenvalue weighted by Crippen LogP contribution is 2.23. The van der Waals surface area contributed by atoms with Crippen LogP contribution in [0.1, 0.15) is 10.4 Å². The van der Waals surface area contributed by atoms with Crippen LogP contribution >= 0.6 is 0 Å². The van der Waals surface area contributed by atoms with Gasteiger partial charge in [0.2, 0.25) is 5.91 Å². The van der Waals surface area contributed by atoms with E-state index in [1.54, 1.807) is 32.3 Å². The Morgan fingerprint density at radius 2 is 2.06 bits per heavy atom. The van der Waals surface area contributed by atoms with E-state index in [1.165, 1.54) is 12.0 Å². The molecule has 1 rings (SSSR count). The smallest absolute Gasteiger partial charge is 0.257 e. The summed E-state index contributed by atoms with van der Waals surface area (Å²) in [7, 11) is 4.69. The number of methoxy groups -OCH3 is 1. The zero-order chi connectivity index (χ0) is 13.7. The summed E-state index contributed by atoms with van der Waals surface area (Å²) < 4.78 is 5.07. The Kier molecular flexibility index (Phi) is 4.53. The zero-order valence-electron chi connectivity index (χ0n) is 10.7. The van der Waals surface area contributed by atoms with E-state index in [0.717, 1.165) is 0 Å². The van der Waals surface area contributed by atoms with E-state index >= 15 is 0 Å². The van der Waals surface area contributed by atoms with Gasteiger partial charge in [-0.3, -0.25) is 9.59 Å². The summed E-state index contributed by atoms with van der Waals surface area (Å²) in [4.78, 5) is 24.7. The molecule has 0 unspecified atom stereocenters. The van der Waals surface area contributed by atoms with E-state index in [0.29, 0.717) is 11.4 Å². The lowest BCUT2D eigenvalue weighted by Crippen LogP contribution is -2.36. The topological polar surface area (TPSA) is 84.7 Å². The first kappa shape index (κ1) is 13.8. The predicted octanol–water partition coefficient (Wildman–Crippen LogP) is 0.0954. The number of hydrogen-bond acceptors (Lipinski definition) is 4. The van der Waals surface area contributed by atoms with Crippen LogP contribution in [0, 0.1) is 0 Å². The van der Waals surface area contributed by atoms with E-state index in [1.807, 2.05) is 0 Å². The maximum atomic E-state index is 11.9. The molecule has 0 spiro atoms. The highest BCUT2D eigenvalue weighted by molar-refractivity contribution is 6.03. The number of amides is 2. The molecule has 0 saturated heterocycles. The van der Waals surface area contributed by atoms with Crippen LogP contribution in [-0.2, 0) is 4.79 Å². The van der Waals surface area contributed by atoms with Crippen LogP contribution in [-0.4, -0.2) is 44.5 Å². The Morgan fingerprint density at radius 1 is 1.39 bits per heavy atom. The van der Waals surface area contributed by atoms with Gasteiger partial charge in [-0.05, 0) is 12.1 Å². The largest absolute Gasteiger partial charge is 0.496 e. The molecule has 0 fully saturated rings. The van der Waals surface area contributed by atoms with Gasteiger partial charge in [0.1, 0.15) is 11.3 Å². The Bertz CT molecular complexity index is 458. The van der Waals surface area contributed by atoms with Gasteiger partial charge in [-0.15, -0.1) is 0 Å². The molecule has 6 heteroatoms. The number of hydrogen-bond donors (Lipinski definition) is 2. The Balaban J connectivity index is 2.82. The maximum absolute atomic E-state index is 11.9. The molecule has 6 nitrogen and oxygen atoms in total. The third kappa shape index (κ3) is 3.13. The SMILES string of the molecule is COc1cccc(N)c1C(=O)NCC(=O)N(C)C. The van der Waals surface area contributed by atoms with Gasteiger partial charge >= 0.3 is 0 Å². The molecule has 1 aromatic rings. The van der Waals surface area contributed by atoms with Crippen molar-refractivity contribution in [1.29, 1.82) is 0 Å². The predicted molar refractivity (Wildman–Crippen MR) is 68.4 cm³/mol. The number of likely N-dealkylation sites (N-methyl/N-ethyl adjacent to an activating group) is 1. The number of nitrogens with one attached hydrogen (secondary N) is 1. The number of anilines is 1. The molecule has 3 N–H and O–H groups in total. The average molecular weight is 251 g/mol. The first-order chi connectivity index (χ1) is 8.47. The maximum Gasteiger partial charge on any atom is 0.257 e. The molecule has 1 aromatic carbocycles. The van der Waals surface area contributed by atoms with Gasteiger partial charge < -0.3 is 20.7 Å². The van der Waals surface area contributed by atoms with Crippen LogP contribution in [0.2, 0.25) is 0 Å². The second-order valence-corrected chi connectivity index (χ2v) is 3.90. The van der Waals surface area contributed by atoms with Gasteiger partial charge in [0.15, 0.2) is 0 Å². The number of rotatable bonds is 4. The third-order valence-corrected chi connectivity index (χ3v) is 2.40. The number of carbonyl (C=O) groups is 2. The Labute approximate surface area is 106 Å². The fraction of sp³-hybridized carbons (Fsp3) is 0.333. The molecule has 0 atom stereocenters. The lowest BCUT2D eigenvalue weighted by molar-refractivity contribution is -0.127. The van der Waals surface area contributed by atoms with Crippen molar-refractivity contribution in [3.05, 3.63) is 23.8 Å². The van der Waals surface area contributed by atoms with Gasteiger partial charge in [-0.2, -0.15) is 0 Å². The molecule has 0 aliphatic heterocycles. The van der Waals surface area contributed by atoms with E-state index in [2.05, 4.69) is 5.32 Å². The van der Waals surface area contributed by atoms with Crippen LogP contribution in [0.15, 0.2) is 18.2 Å². The number of nitrogens with two attached hydrogens (primary N) is 1. The lowest BCUT2D eigenvalue weighted by Gasteiger charge is -2.13. The van der Waals surface area contributed by atoms with Crippen molar-refractivity contribution in [2.45, 2.75) is 0 Å². The summed E-state index contributed by atoms with van der Waals surface area (Å²) in [6.07, 6.45) is 0. The van der Waals surface area contributed by atoms with Gasteiger partial charge in [0.25, 0.3) is 5.91 Å². The van der Waals surface area contributed by atoms with Crippen LogP contribution in [0.3, 0.4) is 0 Å². The summed E-state index contributed by atoms with van der Waals surface area (Å²) in [6, 6.07) is 4.93. The molecule has 2 amide bonds. The lowest BCUT2D eigenvalue weighted by atomic mass is 10.1. The van der Waals surface area contributed by atoms with Crippen LogP contribution < -0.4 is 15.8 Å². The van der Waals surface area contributed by atoms with Gasteiger partial charge in [0.05, 0.1) is 13.7 Å². The van der Waals surface area contributed by atoms with Gasteiger partial charge in [-0.1, -0.05) is 6.07 Å².